The van der Waals surface area contributed by atoms with E-state index in [1.807, 2.05) is 0 Å². The predicted octanol–water partition coefficient (Wildman–Crippen LogP) is 2.41. The second kappa shape index (κ2) is 6.11. The van der Waals surface area contributed by atoms with Crippen LogP contribution in [0.15, 0.2) is 18.3 Å². The first kappa shape index (κ1) is 15.3. The van der Waals surface area contributed by atoms with Crippen molar-refractivity contribution >= 4 is 17.7 Å². The van der Waals surface area contributed by atoms with E-state index in [4.69, 9.17) is 5.11 Å². The highest BCUT2D eigenvalue weighted by Crippen LogP contribution is 2.37. The van der Waals surface area contributed by atoms with E-state index in [-0.39, 0.29) is 23.9 Å². The van der Waals surface area contributed by atoms with E-state index in [1.54, 1.807) is 12.1 Å². The third kappa shape index (κ3) is 4.18. The molecule has 2 amide bonds. The van der Waals surface area contributed by atoms with Gasteiger partial charge in [0.1, 0.15) is 0 Å². The zero-order valence-corrected chi connectivity index (χ0v) is 12.3. The van der Waals surface area contributed by atoms with Gasteiger partial charge in [-0.1, -0.05) is 20.3 Å². The number of anilines is 1. The van der Waals surface area contributed by atoms with Crippen LogP contribution in [0.25, 0.3) is 0 Å². The molecule has 3 N–H and O–H groups in total. The first-order chi connectivity index (χ1) is 9.87. The first-order valence-corrected chi connectivity index (χ1v) is 7.11. The summed E-state index contributed by atoms with van der Waals surface area (Å²) in [6.45, 7) is 4.32. The van der Waals surface area contributed by atoms with Crippen LogP contribution < -0.4 is 10.6 Å². The molecule has 1 aromatic heterocycles. The van der Waals surface area contributed by atoms with Crippen LogP contribution in [-0.2, 0) is 11.2 Å². The summed E-state index contributed by atoms with van der Waals surface area (Å²) in [5, 5.41) is 14.4. The number of carboxylic acids is 1. The Labute approximate surface area is 124 Å². The summed E-state index contributed by atoms with van der Waals surface area (Å²) in [6.07, 6.45) is 4.59. The molecule has 114 valence electrons. The number of pyridine rings is 1. The molecule has 21 heavy (non-hydrogen) atoms. The number of urea groups is 1. The Morgan fingerprint density at radius 2 is 2.19 bits per heavy atom. The van der Waals surface area contributed by atoms with Gasteiger partial charge in [0, 0.05) is 6.04 Å². The van der Waals surface area contributed by atoms with Gasteiger partial charge >= 0.3 is 12.0 Å². The molecular weight excluding hydrogens is 270 g/mol. The number of carbonyl (C=O) groups is 2. The zero-order valence-electron chi connectivity index (χ0n) is 12.3. The number of hydrogen-bond donors (Lipinski definition) is 3. The van der Waals surface area contributed by atoms with E-state index in [0.717, 1.165) is 19.3 Å². The number of carbonyl (C=O) groups excluding carboxylic acids is 1. The van der Waals surface area contributed by atoms with Gasteiger partial charge in [0.15, 0.2) is 0 Å². The number of aromatic nitrogens is 1. The summed E-state index contributed by atoms with van der Waals surface area (Å²) >= 11 is 0. The molecule has 0 radical (unpaired) electrons. The quantitative estimate of drug-likeness (QED) is 0.794. The largest absolute Gasteiger partial charge is 0.481 e. The Hall–Kier alpha value is -2.11. The van der Waals surface area contributed by atoms with E-state index in [1.165, 1.54) is 6.20 Å². The third-order valence-electron chi connectivity index (χ3n) is 3.98. The van der Waals surface area contributed by atoms with Gasteiger partial charge in [0.2, 0.25) is 0 Å². The molecule has 1 heterocycles. The Morgan fingerprint density at radius 3 is 2.71 bits per heavy atom. The normalized spacial score (nSPS) is 20.0. The van der Waals surface area contributed by atoms with Crippen molar-refractivity contribution < 1.29 is 14.7 Å². The number of nitrogens with zero attached hydrogens (tertiary/aromatic N) is 1. The van der Waals surface area contributed by atoms with Crippen molar-refractivity contribution in [3.63, 3.8) is 0 Å². The standard InChI is InChI=1S/C15H21N3O3/c1-15(2)7-3-4-12(15)18-14(21)17-11-6-5-10(16-9-11)8-13(19)20/h5-6,9,12H,3-4,7-8H2,1-2H3,(H,19,20)(H2,17,18,21). The topological polar surface area (TPSA) is 91.3 Å². The number of amides is 2. The molecule has 6 heteroatoms. The maximum atomic E-state index is 12.0. The molecule has 0 aromatic carbocycles. The van der Waals surface area contributed by atoms with Gasteiger partial charge in [-0.3, -0.25) is 9.78 Å². The first-order valence-electron chi connectivity index (χ1n) is 7.11. The van der Waals surface area contributed by atoms with Crippen LogP contribution in [0.1, 0.15) is 38.8 Å². The third-order valence-corrected chi connectivity index (χ3v) is 3.98. The molecule has 0 spiro atoms. The van der Waals surface area contributed by atoms with E-state index in [9.17, 15) is 9.59 Å². The van der Waals surface area contributed by atoms with Crippen LogP contribution in [0, 0.1) is 5.41 Å². The molecule has 1 aromatic rings. The Bertz CT molecular complexity index is 525. The van der Waals surface area contributed by atoms with Crippen LogP contribution >= 0.6 is 0 Å². The average molecular weight is 291 g/mol. The minimum absolute atomic E-state index is 0.122. The van der Waals surface area contributed by atoms with Gasteiger partial charge < -0.3 is 15.7 Å². The van der Waals surface area contributed by atoms with Crippen LogP contribution in [0.5, 0.6) is 0 Å². The molecule has 1 fully saturated rings. The zero-order chi connectivity index (χ0) is 15.5. The molecule has 1 aliphatic rings. The Morgan fingerprint density at radius 1 is 1.43 bits per heavy atom. The maximum Gasteiger partial charge on any atom is 0.319 e. The lowest BCUT2D eigenvalue weighted by Gasteiger charge is -2.27. The predicted molar refractivity (Wildman–Crippen MR) is 79.2 cm³/mol. The van der Waals surface area contributed by atoms with Gasteiger partial charge in [-0.05, 0) is 30.4 Å². The minimum Gasteiger partial charge on any atom is -0.481 e. The number of hydrogen-bond acceptors (Lipinski definition) is 3. The van der Waals surface area contributed by atoms with Crippen molar-refractivity contribution in [2.75, 3.05) is 5.32 Å². The van der Waals surface area contributed by atoms with Gasteiger partial charge in [0.25, 0.3) is 0 Å². The number of carboxylic acid groups (broad SMARTS) is 1. The second-order valence-electron chi connectivity index (χ2n) is 6.14. The van der Waals surface area contributed by atoms with Gasteiger partial charge in [-0.25, -0.2) is 4.79 Å². The summed E-state index contributed by atoms with van der Waals surface area (Å²) < 4.78 is 0. The number of aliphatic carboxylic acids is 1. The fourth-order valence-corrected chi connectivity index (χ4v) is 2.68. The highest BCUT2D eigenvalue weighted by Gasteiger charge is 2.35. The molecular formula is C15H21N3O3. The van der Waals surface area contributed by atoms with Gasteiger partial charge in [0.05, 0.1) is 24.0 Å². The summed E-state index contributed by atoms with van der Waals surface area (Å²) in [5.74, 6) is -0.926. The summed E-state index contributed by atoms with van der Waals surface area (Å²) in [4.78, 5) is 26.5. The molecule has 0 bridgehead atoms. The van der Waals surface area contributed by atoms with Crippen molar-refractivity contribution in [3.8, 4) is 0 Å². The van der Waals surface area contributed by atoms with Crippen molar-refractivity contribution in [3.05, 3.63) is 24.0 Å². The molecule has 2 rings (SSSR count). The summed E-state index contributed by atoms with van der Waals surface area (Å²) in [5.41, 5.74) is 1.14. The lowest BCUT2D eigenvalue weighted by atomic mass is 9.87. The lowest BCUT2D eigenvalue weighted by molar-refractivity contribution is -0.136. The minimum atomic E-state index is -0.926. The molecule has 1 saturated carbocycles. The van der Waals surface area contributed by atoms with E-state index in [2.05, 4.69) is 29.5 Å². The van der Waals surface area contributed by atoms with Crippen molar-refractivity contribution in [1.82, 2.24) is 10.3 Å². The lowest BCUT2D eigenvalue weighted by Crippen LogP contribution is -2.43. The monoisotopic (exact) mass is 291 g/mol. The van der Waals surface area contributed by atoms with Crippen LogP contribution in [-0.4, -0.2) is 28.1 Å². The van der Waals surface area contributed by atoms with E-state index < -0.39 is 5.97 Å². The highest BCUT2D eigenvalue weighted by molar-refractivity contribution is 5.89. The van der Waals surface area contributed by atoms with Crippen molar-refractivity contribution in [1.29, 1.82) is 0 Å². The Balaban J connectivity index is 1.89. The highest BCUT2D eigenvalue weighted by atomic mass is 16.4. The summed E-state index contributed by atoms with van der Waals surface area (Å²) in [7, 11) is 0. The van der Waals surface area contributed by atoms with Crippen LogP contribution in [0.2, 0.25) is 0 Å². The fourth-order valence-electron chi connectivity index (χ4n) is 2.68. The molecule has 1 aliphatic carbocycles. The molecule has 1 unspecified atom stereocenters. The van der Waals surface area contributed by atoms with E-state index >= 15 is 0 Å². The fraction of sp³-hybridized carbons (Fsp3) is 0.533. The smallest absolute Gasteiger partial charge is 0.319 e. The Kier molecular flexibility index (Phi) is 4.45. The van der Waals surface area contributed by atoms with Gasteiger partial charge in [-0.15, -0.1) is 0 Å². The maximum absolute atomic E-state index is 12.0. The van der Waals surface area contributed by atoms with E-state index in [0.29, 0.717) is 11.4 Å². The molecule has 0 saturated heterocycles. The SMILES string of the molecule is CC1(C)CCCC1NC(=O)Nc1ccc(CC(=O)O)nc1. The van der Waals surface area contributed by atoms with Crippen LogP contribution in [0.4, 0.5) is 10.5 Å². The van der Waals surface area contributed by atoms with Crippen molar-refractivity contribution in [2.45, 2.75) is 45.6 Å². The van der Waals surface area contributed by atoms with Crippen molar-refractivity contribution in [2.24, 2.45) is 5.41 Å². The van der Waals surface area contributed by atoms with Gasteiger partial charge in [-0.2, -0.15) is 0 Å². The number of rotatable bonds is 4. The number of nitrogens with one attached hydrogen (secondary N) is 2. The molecule has 1 atom stereocenters. The van der Waals surface area contributed by atoms with Crippen LogP contribution in [0.3, 0.4) is 0 Å². The molecule has 6 nitrogen and oxygen atoms in total. The average Bonchev–Trinajstić information content (AvgIpc) is 2.70. The molecule has 0 aliphatic heterocycles. The summed E-state index contributed by atoms with van der Waals surface area (Å²) in [6, 6.07) is 3.19. The second-order valence-corrected chi connectivity index (χ2v) is 6.14.